The molecule has 5 heterocycles. The number of anilines is 1. The van der Waals surface area contributed by atoms with E-state index in [0.29, 0.717) is 28.1 Å². The Kier molecular flexibility index (Phi) is 5.31. The van der Waals surface area contributed by atoms with E-state index in [1.54, 1.807) is 0 Å². The Morgan fingerprint density at radius 1 is 0.750 bits per heavy atom. The highest BCUT2D eigenvalue weighted by atomic mass is 16.2. The number of H-pyrrole nitrogens is 5. The molecule has 0 fully saturated rings. The normalized spacial score (nSPS) is 10.0. The van der Waals surface area contributed by atoms with Crippen LogP contribution in [0.5, 0.6) is 0 Å². The molecule has 0 aliphatic rings. The first-order valence-electron chi connectivity index (χ1n) is 7.59. The van der Waals surface area contributed by atoms with Gasteiger partial charge >= 0.3 is 5.69 Å². The van der Waals surface area contributed by atoms with Crippen LogP contribution in [0.15, 0.2) is 52.0 Å². The predicted octanol–water partition coefficient (Wildman–Crippen LogP) is -1.36. The Balaban J connectivity index is 0.000000122. The molecule has 14 nitrogen and oxygen atoms in total. The molecule has 142 valence electrons. The maximum absolute atomic E-state index is 10.9. The number of rotatable bonds is 0. The summed E-state index contributed by atoms with van der Waals surface area (Å²) in [6.45, 7) is 0. The maximum atomic E-state index is 10.9. The molecule has 0 atom stereocenters. The lowest BCUT2D eigenvalue weighted by molar-refractivity contribution is 1.04. The zero-order chi connectivity index (χ0) is 19.9. The first-order chi connectivity index (χ1) is 13.5. The molecule has 5 aromatic rings. The SMILES string of the molecule is Nc1ncnc2nc[nH]c12.O=c1[nH]cnc2nc[nH]c12.O=c1cc[nH]c(=O)[nH]1. The number of nitrogens with one attached hydrogen (secondary N) is 5. The van der Waals surface area contributed by atoms with Crippen LogP contribution in [0, 0.1) is 0 Å². The first kappa shape index (κ1) is 18.2. The lowest BCUT2D eigenvalue weighted by Gasteiger charge is -1.89. The highest BCUT2D eigenvalue weighted by Crippen LogP contribution is 2.09. The summed E-state index contributed by atoms with van der Waals surface area (Å²) in [6.07, 6.45) is 6.98. The third-order valence-corrected chi connectivity index (χ3v) is 3.17. The summed E-state index contributed by atoms with van der Waals surface area (Å²) in [4.78, 5) is 62.6. The van der Waals surface area contributed by atoms with Crippen molar-refractivity contribution in [2.45, 2.75) is 0 Å². The van der Waals surface area contributed by atoms with E-state index in [2.05, 4.69) is 44.9 Å². The Labute approximate surface area is 153 Å². The number of imidazole rings is 2. The Morgan fingerprint density at radius 2 is 1.39 bits per heavy atom. The van der Waals surface area contributed by atoms with Crippen molar-refractivity contribution in [3.63, 3.8) is 0 Å². The maximum Gasteiger partial charge on any atom is 0.325 e. The summed E-state index contributed by atoms with van der Waals surface area (Å²) in [7, 11) is 0. The number of nitrogen functional groups attached to an aromatic ring is 1. The van der Waals surface area contributed by atoms with Crippen molar-refractivity contribution < 1.29 is 0 Å². The van der Waals surface area contributed by atoms with Gasteiger partial charge in [0, 0.05) is 12.3 Å². The summed E-state index contributed by atoms with van der Waals surface area (Å²) in [5.74, 6) is 0.433. The molecule has 5 rings (SSSR count). The van der Waals surface area contributed by atoms with Gasteiger partial charge in [0.1, 0.15) is 11.8 Å². The number of hydrogen-bond donors (Lipinski definition) is 6. The van der Waals surface area contributed by atoms with Gasteiger partial charge in [0.2, 0.25) is 0 Å². The van der Waals surface area contributed by atoms with Crippen molar-refractivity contribution in [2.75, 3.05) is 5.73 Å². The standard InChI is InChI=1S/C5H5N5.C5H4N4O.C4H4N2O2/c6-4-3-5(9-1-7-3)10-2-8-4;10-5-3-4(7-1-6-3)8-2-9-5;7-3-1-2-5-4(8)6-3/h1-2H,(H3,6,7,8,9,10);1-2H,(H2,6,7,8,9,10);1-2H,(H2,5,6,7,8). The van der Waals surface area contributed by atoms with E-state index in [-0.39, 0.29) is 11.1 Å². The van der Waals surface area contributed by atoms with Crippen molar-refractivity contribution in [3.8, 4) is 0 Å². The third-order valence-electron chi connectivity index (χ3n) is 3.17. The first-order valence-corrected chi connectivity index (χ1v) is 7.59. The molecule has 5 aromatic heterocycles. The number of nitrogens with two attached hydrogens (primary N) is 1. The van der Waals surface area contributed by atoms with Crippen molar-refractivity contribution in [3.05, 3.63) is 68.8 Å². The molecule has 14 heteroatoms. The van der Waals surface area contributed by atoms with Gasteiger partial charge in [0.05, 0.1) is 19.0 Å². The smallest absolute Gasteiger partial charge is 0.325 e. The molecule has 0 saturated carbocycles. The number of hydrogen-bond acceptors (Lipinski definition) is 9. The third kappa shape index (κ3) is 4.31. The van der Waals surface area contributed by atoms with Gasteiger partial charge in [-0.05, 0) is 0 Å². The quantitative estimate of drug-likeness (QED) is 0.186. The van der Waals surface area contributed by atoms with Gasteiger partial charge in [-0.25, -0.2) is 29.7 Å². The van der Waals surface area contributed by atoms with Crippen molar-refractivity contribution in [1.29, 1.82) is 0 Å². The molecule has 0 bridgehead atoms. The number of aromatic nitrogens is 10. The van der Waals surface area contributed by atoms with E-state index < -0.39 is 5.69 Å². The lowest BCUT2D eigenvalue weighted by Crippen LogP contribution is -2.19. The number of aromatic amines is 5. The van der Waals surface area contributed by atoms with Gasteiger partial charge < -0.3 is 25.7 Å². The van der Waals surface area contributed by atoms with E-state index in [1.165, 1.54) is 37.6 Å². The van der Waals surface area contributed by atoms with E-state index in [9.17, 15) is 14.4 Å². The van der Waals surface area contributed by atoms with Crippen molar-refractivity contribution >= 4 is 28.1 Å². The fourth-order valence-corrected chi connectivity index (χ4v) is 1.94. The minimum absolute atomic E-state index is 0.192. The second-order valence-corrected chi connectivity index (χ2v) is 4.99. The van der Waals surface area contributed by atoms with E-state index in [4.69, 9.17) is 5.73 Å². The molecular formula is C14H13N11O3. The fraction of sp³-hybridized carbons (Fsp3) is 0. The van der Waals surface area contributed by atoms with Crippen LogP contribution >= 0.6 is 0 Å². The van der Waals surface area contributed by atoms with Gasteiger partial charge in [-0.15, -0.1) is 0 Å². The fourth-order valence-electron chi connectivity index (χ4n) is 1.94. The van der Waals surface area contributed by atoms with Crippen LogP contribution in [0.2, 0.25) is 0 Å². The molecule has 0 radical (unpaired) electrons. The van der Waals surface area contributed by atoms with Crippen molar-refractivity contribution in [2.24, 2.45) is 0 Å². The average Bonchev–Trinajstić information content (AvgIpc) is 3.33. The zero-order valence-corrected chi connectivity index (χ0v) is 14.0. The van der Waals surface area contributed by atoms with E-state index >= 15 is 0 Å². The van der Waals surface area contributed by atoms with Crippen LogP contribution in [0.25, 0.3) is 22.3 Å². The minimum Gasteiger partial charge on any atom is -0.382 e. The Bertz CT molecular complexity index is 1330. The van der Waals surface area contributed by atoms with Crippen molar-refractivity contribution in [1.82, 2.24) is 49.8 Å². The van der Waals surface area contributed by atoms with Crippen LogP contribution in [0.4, 0.5) is 5.82 Å². The van der Waals surface area contributed by atoms with E-state index in [0.717, 1.165) is 0 Å². The molecule has 0 aliphatic heterocycles. The molecule has 28 heavy (non-hydrogen) atoms. The number of nitrogens with zero attached hydrogens (tertiary/aromatic N) is 5. The summed E-state index contributed by atoms with van der Waals surface area (Å²) in [5, 5.41) is 0. The molecule has 0 aliphatic carbocycles. The van der Waals surface area contributed by atoms with Crippen LogP contribution in [0.1, 0.15) is 0 Å². The monoisotopic (exact) mass is 383 g/mol. The summed E-state index contributed by atoms with van der Waals surface area (Å²) in [6, 6.07) is 1.24. The summed E-state index contributed by atoms with van der Waals surface area (Å²) >= 11 is 0. The molecule has 0 saturated heterocycles. The van der Waals surface area contributed by atoms with Crippen LogP contribution in [0.3, 0.4) is 0 Å². The van der Waals surface area contributed by atoms with Crippen LogP contribution in [-0.4, -0.2) is 49.8 Å². The summed E-state index contributed by atoms with van der Waals surface area (Å²) in [5.41, 5.74) is 6.60. The van der Waals surface area contributed by atoms with Gasteiger partial charge in [-0.3, -0.25) is 14.6 Å². The van der Waals surface area contributed by atoms with Crippen LogP contribution in [-0.2, 0) is 0 Å². The Morgan fingerprint density at radius 3 is 1.96 bits per heavy atom. The second kappa shape index (κ2) is 8.17. The molecule has 0 unspecified atom stereocenters. The highest BCUT2D eigenvalue weighted by Gasteiger charge is 1.99. The summed E-state index contributed by atoms with van der Waals surface area (Å²) < 4.78 is 0. The topological polar surface area (TPSA) is 221 Å². The molecule has 0 aromatic carbocycles. The second-order valence-electron chi connectivity index (χ2n) is 4.99. The highest BCUT2D eigenvalue weighted by molar-refractivity contribution is 5.80. The molecule has 7 N–H and O–H groups in total. The predicted molar refractivity (Wildman–Crippen MR) is 98.3 cm³/mol. The zero-order valence-electron chi connectivity index (χ0n) is 14.0. The molecular weight excluding hydrogens is 370 g/mol. The molecule has 0 amide bonds. The van der Waals surface area contributed by atoms with Gasteiger partial charge in [0.15, 0.2) is 22.6 Å². The molecule has 0 spiro atoms. The minimum atomic E-state index is -0.475. The van der Waals surface area contributed by atoms with E-state index in [1.807, 2.05) is 4.98 Å². The van der Waals surface area contributed by atoms with Crippen LogP contribution < -0.4 is 22.5 Å². The van der Waals surface area contributed by atoms with Gasteiger partial charge in [-0.2, -0.15) is 0 Å². The largest absolute Gasteiger partial charge is 0.382 e. The van der Waals surface area contributed by atoms with Gasteiger partial charge in [0.25, 0.3) is 11.1 Å². The number of fused-ring (bicyclic) bond motifs is 2. The lowest BCUT2D eigenvalue weighted by atomic mass is 10.5. The Hall–Kier alpha value is -4.62. The van der Waals surface area contributed by atoms with Gasteiger partial charge in [-0.1, -0.05) is 0 Å². The average molecular weight is 383 g/mol.